The summed E-state index contributed by atoms with van der Waals surface area (Å²) in [6, 6.07) is 15.3. The van der Waals surface area contributed by atoms with Gasteiger partial charge in [-0.25, -0.2) is 4.98 Å². The minimum atomic E-state index is 0.108. The fourth-order valence-electron chi connectivity index (χ4n) is 3.59. The minimum absolute atomic E-state index is 0.108. The molecular weight excluding hydrogens is 402 g/mol. The molecule has 2 aromatic carbocycles. The van der Waals surface area contributed by atoms with Crippen LogP contribution in [0.1, 0.15) is 17.0 Å². The number of aromatic nitrogens is 1. The number of oxazole rings is 1. The molecule has 1 aliphatic rings. The number of hydrogen-bond donors (Lipinski definition) is 0. The lowest BCUT2D eigenvalue weighted by molar-refractivity contribution is -0.136. The van der Waals surface area contributed by atoms with Crippen molar-refractivity contribution in [2.45, 2.75) is 20.0 Å². The number of rotatable bonds is 6. The summed E-state index contributed by atoms with van der Waals surface area (Å²) in [7, 11) is 1.64. The number of piperazine rings is 1. The first-order chi connectivity index (χ1) is 14.5. The first-order valence-electron chi connectivity index (χ1n) is 9.88. The maximum absolute atomic E-state index is 12.7. The zero-order chi connectivity index (χ0) is 21.1. The summed E-state index contributed by atoms with van der Waals surface area (Å²) in [5.41, 5.74) is 2.67. The fourth-order valence-corrected chi connectivity index (χ4v) is 3.80. The van der Waals surface area contributed by atoms with Crippen LogP contribution in [0.25, 0.3) is 11.5 Å². The van der Waals surface area contributed by atoms with Gasteiger partial charge in [-0.3, -0.25) is 9.69 Å². The van der Waals surface area contributed by atoms with Crippen LogP contribution < -0.4 is 4.74 Å². The third-order valence-corrected chi connectivity index (χ3v) is 5.61. The third kappa shape index (κ3) is 4.50. The van der Waals surface area contributed by atoms with E-state index in [9.17, 15) is 4.79 Å². The summed E-state index contributed by atoms with van der Waals surface area (Å²) in [4.78, 5) is 21.3. The minimum Gasteiger partial charge on any atom is -0.497 e. The molecule has 1 fully saturated rings. The Morgan fingerprint density at radius 1 is 1.13 bits per heavy atom. The normalized spacial score (nSPS) is 14.9. The summed E-state index contributed by atoms with van der Waals surface area (Å²) >= 11 is 6.26. The zero-order valence-corrected chi connectivity index (χ0v) is 17.9. The van der Waals surface area contributed by atoms with Crippen molar-refractivity contribution < 1.29 is 13.9 Å². The van der Waals surface area contributed by atoms with Crippen molar-refractivity contribution in [1.82, 2.24) is 14.8 Å². The molecule has 0 bridgehead atoms. The van der Waals surface area contributed by atoms with Crippen molar-refractivity contribution >= 4 is 17.5 Å². The Morgan fingerprint density at radius 3 is 2.73 bits per heavy atom. The van der Waals surface area contributed by atoms with Crippen LogP contribution in [0, 0.1) is 6.92 Å². The number of aryl methyl sites for hydroxylation is 1. The van der Waals surface area contributed by atoms with E-state index in [4.69, 9.17) is 20.8 Å². The second kappa shape index (κ2) is 8.90. The van der Waals surface area contributed by atoms with Gasteiger partial charge < -0.3 is 14.1 Å². The lowest BCUT2D eigenvalue weighted by Crippen LogP contribution is -2.49. The highest BCUT2D eigenvalue weighted by molar-refractivity contribution is 6.33. The number of ether oxygens (including phenoxy) is 1. The Labute approximate surface area is 181 Å². The van der Waals surface area contributed by atoms with Crippen molar-refractivity contribution in [3.8, 4) is 17.2 Å². The average molecular weight is 426 g/mol. The molecule has 0 radical (unpaired) electrons. The van der Waals surface area contributed by atoms with Crippen LogP contribution in [-0.4, -0.2) is 47.4 Å². The van der Waals surface area contributed by atoms with Gasteiger partial charge in [0.1, 0.15) is 11.5 Å². The molecular formula is C23H24ClN3O3. The van der Waals surface area contributed by atoms with E-state index in [0.717, 1.165) is 34.9 Å². The SMILES string of the molecule is COc1cccc(CN2CCN(Cc3nc(-c4ccccc4Cl)oc3C)CC2=O)c1. The van der Waals surface area contributed by atoms with E-state index in [1.165, 1.54) is 0 Å². The van der Waals surface area contributed by atoms with Gasteiger partial charge in [0.25, 0.3) is 0 Å². The molecule has 0 spiro atoms. The van der Waals surface area contributed by atoms with Gasteiger partial charge in [0.05, 0.1) is 29.9 Å². The maximum atomic E-state index is 12.7. The van der Waals surface area contributed by atoms with E-state index in [-0.39, 0.29) is 5.91 Å². The molecule has 156 valence electrons. The molecule has 1 amide bonds. The Morgan fingerprint density at radius 2 is 1.97 bits per heavy atom. The van der Waals surface area contributed by atoms with E-state index in [0.29, 0.717) is 37.1 Å². The molecule has 1 saturated heterocycles. The first kappa shape index (κ1) is 20.4. The van der Waals surface area contributed by atoms with Crippen molar-refractivity contribution in [3.05, 3.63) is 70.6 Å². The quantitative estimate of drug-likeness (QED) is 0.593. The number of halogens is 1. The Hall–Kier alpha value is -2.83. The predicted octanol–water partition coefficient (Wildman–Crippen LogP) is 4.16. The topological polar surface area (TPSA) is 58.8 Å². The molecule has 0 saturated carbocycles. The number of nitrogens with zero attached hydrogens (tertiary/aromatic N) is 3. The van der Waals surface area contributed by atoms with Gasteiger partial charge in [0.15, 0.2) is 0 Å². The lowest BCUT2D eigenvalue weighted by Gasteiger charge is -2.34. The molecule has 6 nitrogen and oxygen atoms in total. The maximum Gasteiger partial charge on any atom is 0.237 e. The van der Waals surface area contributed by atoms with E-state index >= 15 is 0 Å². The largest absolute Gasteiger partial charge is 0.497 e. The number of carbonyl (C=O) groups is 1. The summed E-state index contributed by atoms with van der Waals surface area (Å²) in [5.74, 6) is 2.17. The standard InChI is InChI=1S/C23H24ClN3O3/c1-16-21(25-23(30-16)19-8-3-4-9-20(19)24)14-26-10-11-27(22(28)15-26)13-17-6-5-7-18(12-17)29-2/h3-9,12H,10-11,13-15H2,1-2H3. The van der Waals surface area contributed by atoms with Crippen LogP contribution in [0.15, 0.2) is 52.9 Å². The fraction of sp³-hybridized carbons (Fsp3) is 0.304. The van der Waals surface area contributed by atoms with E-state index < -0.39 is 0 Å². The number of benzene rings is 2. The number of carbonyl (C=O) groups excluding carboxylic acids is 1. The molecule has 1 aromatic heterocycles. The summed E-state index contributed by atoms with van der Waals surface area (Å²) in [5, 5.41) is 0.603. The highest BCUT2D eigenvalue weighted by atomic mass is 35.5. The monoisotopic (exact) mass is 425 g/mol. The molecule has 0 N–H and O–H groups in total. The molecule has 4 rings (SSSR count). The molecule has 0 aliphatic carbocycles. The van der Waals surface area contributed by atoms with Crippen molar-refractivity contribution in [2.75, 3.05) is 26.7 Å². The Balaban J connectivity index is 1.39. The van der Waals surface area contributed by atoms with E-state index in [1.54, 1.807) is 7.11 Å². The van der Waals surface area contributed by atoms with Gasteiger partial charge in [-0.1, -0.05) is 35.9 Å². The summed E-state index contributed by atoms with van der Waals surface area (Å²) < 4.78 is 11.1. The van der Waals surface area contributed by atoms with Crippen molar-refractivity contribution in [2.24, 2.45) is 0 Å². The van der Waals surface area contributed by atoms with Gasteiger partial charge in [-0.15, -0.1) is 0 Å². The van der Waals surface area contributed by atoms with Crippen LogP contribution in [-0.2, 0) is 17.9 Å². The Kier molecular flexibility index (Phi) is 6.06. The van der Waals surface area contributed by atoms with Gasteiger partial charge in [0, 0.05) is 26.2 Å². The van der Waals surface area contributed by atoms with Crippen molar-refractivity contribution in [3.63, 3.8) is 0 Å². The third-order valence-electron chi connectivity index (χ3n) is 5.28. The van der Waals surface area contributed by atoms with Crippen LogP contribution in [0.3, 0.4) is 0 Å². The second-order valence-corrected chi connectivity index (χ2v) is 7.79. The number of hydrogen-bond acceptors (Lipinski definition) is 5. The van der Waals surface area contributed by atoms with Gasteiger partial charge in [-0.2, -0.15) is 0 Å². The number of methoxy groups -OCH3 is 1. The van der Waals surface area contributed by atoms with Crippen LogP contribution in [0.4, 0.5) is 0 Å². The molecule has 3 aromatic rings. The van der Waals surface area contributed by atoms with E-state index in [2.05, 4.69) is 9.88 Å². The van der Waals surface area contributed by atoms with Crippen molar-refractivity contribution in [1.29, 1.82) is 0 Å². The van der Waals surface area contributed by atoms with E-state index in [1.807, 2.05) is 60.4 Å². The van der Waals surface area contributed by atoms with Crippen LogP contribution >= 0.6 is 11.6 Å². The highest BCUT2D eigenvalue weighted by Crippen LogP contribution is 2.29. The molecule has 7 heteroatoms. The lowest BCUT2D eigenvalue weighted by atomic mass is 10.1. The smallest absolute Gasteiger partial charge is 0.237 e. The highest BCUT2D eigenvalue weighted by Gasteiger charge is 2.26. The van der Waals surface area contributed by atoms with Gasteiger partial charge in [-0.05, 0) is 36.8 Å². The van der Waals surface area contributed by atoms with Crippen LogP contribution in [0.2, 0.25) is 5.02 Å². The molecule has 0 unspecified atom stereocenters. The molecule has 0 atom stereocenters. The predicted molar refractivity (Wildman–Crippen MR) is 115 cm³/mol. The Bertz CT molecular complexity index is 1050. The summed E-state index contributed by atoms with van der Waals surface area (Å²) in [6.07, 6.45) is 0. The van der Waals surface area contributed by atoms with Gasteiger partial charge in [0.2, 0.25) is 11.8 Å². The second-order valence-electron chi connectivity index (χ2n) is 7.38. The van der Waals surface area contributed by atoms with Gasteiger partial charge >= 0.3 is 0 Å². The molecule has 1 aliphatic heterocycles. The first-order valence-corrected chi connectivity index (χ1v) is 10.3. The number of amides is 1. The molecule has 2 heterocycles. The zero-order valence-electron chi connectivity index (χ0n) is 17.1. The average Bonchev–Trinajstić information content (AvgIpc) is 3.10. The summed E-state index contributed by atoms with van der Waals surface area (Å²) in [6.45, 7) is 4.86. The molecule has 30 heavy (non-hydrogen) atoms. The van der Waals surface area contributed by atoms with Crippen LogP contribution in [0.5, 0.6) is 5.75 Å².